The Morgan fingerprint density at radius 2 is 1.76 bits per heavy atom. The van der Waals surface area contributed by atoms with Crippen molar-refractivity contribution in [2.45, 2.75) is 4.90 Å². The first kappa shape index (κ1) is 18.8. The molecule has 0 atom stereocenters. The summed E-state index contributed by atoms with van der Waals surface area (Å²) in [5.74, 6) is -0.702. The number of carbonyl (C=O) groups is 1. The highest BCUT2D eigenvalue weighted by Gasteiger charge is 2.21. The predicted octanol–water partition coefficient (Wildman–Crippen LogP) is 2.75. The van der Waals surface area contributed by atoms with E-state index in [1.165, 1.54) is 50.5 Å². The molecule has 8 nitrogen and oxygen atoms in total. The molecule has 0 unspecified atom stereocenters. The molecule has 2 aromatic rings. The minimum Gasteiger partial charge on any atom is -0.322 e. The molecule has 0 radical (unpaired) electrons. The van der Waals surface area contributed by atoms with Crippen molar-refractivity contribution in [3.63, 3.8) is 0 Å². The standard InChI is InChI=1S/C15H14ClN3O5S/c1-18(2)25(23,24)12-6-4-11(5-7-12)17-15(20)13-8-3-10(16)9-14(13)19(21)22/h3-9H,1-2H3,(H,17,20). The highest BCUT2D eigenvalue weighted by Crippen LogP contribution is 2.24. The number of nitro groups is 1. The van der Waals surface area contributed by atoms with Gasteiger partial charge in [0.15, 0.2) is 0 Å². The third-order valence-electron chi connectivity index (χ3n) is 3.29. The topological polar surface area (TPSA) is 110 Å². The summed E-state index contributed by atoms with van der Waals surface area (Å²) in [7, 11) is -0.766. The first-order valence-electron chi connectivity index (χ1n) is 6.91. The Morgan fingerprint density at radius 3 is 2.28 bits per heavy atom. The van der Waals surface area contributed by atoms with Crippen LogP contribution in [0.2, 0.25) is 5.02 Å². The normalized spacial score (nSPS) is 11.4. The number of carbonyl (C=O) groups excluding carboxylic acids is 1. The molecule has 1 N–H and O–H groups in total. The van der Waals surface area contributed by atoms with Gasteiger partial charge in [0.2, 0.25) is 10.0 Å². The molecular formula is C15H14ClN3O5S. The van der Waals surface area contributed by atoms with Gasteiger partial charge in [-0.05, 0) is 36.4 Å². The number of nitro benzene ring substituents is 1. The van der Waals surface area contributed by atoms with Gasteiger partial charge in [-0.3, -0.25) is 14.9 Å². The molecule has 2 aromatic carbocycles. The number of nitrogens with zero attached hydrogens (tertiary/aromatic N) is 2. The van der Waals surface area contributed by atoms with Crippen molar-refractivity contribution in [3.05, 3.63) is 63.2 Å². The summed E-state index contributed by atoms with van der Waals surface area (Å²) >= 11 is 5.71. The molecule has 0 aliphatic heterocycles. The van der Waals surface area contributed by atoms with Gasteiger partial charge in [0, 0.05) is 30.9 Å². The lowest BCUT2D eigenvalue weighted by Gasteiger charge is -2.12. The number of nitrogens with one attached hydrogen (secondary N) is 1. The van der Waals surface area contributed by atoms with E-state index in [-0.39, 0.29) is 15.5 Å². The number of benzene rings is 2. The fourth-order valence-corrected chi connectivity index (χ4v) is 3.04. The number of rotatable bonds is 5. The average Bonchev–Trinajstić information content (AvgIpc) is 2.54. The van der Waals surface area contributed by atoms with Crippen molar-refractivity contribution in [1.82, 2.24) is 4.31 Å². The van der Waals surface area contributed by atoms with E-state index in [2.05, 4.69) is 5.32 Å². The molecule has 0 saturated carbocycles. The molecular weight excluding hydrogens is 370 g/mol. The van der Waals surface area contributed by atoms with Gasteiger partial charge in [-0.1, -0.05) is 11.6 Å². The fourth-order valence-electron chi connectivity index (χ4n) is 1.97. The Labute approximate surface area is 149 Å². The van der Waals surface area contributed by atoms with Crippen LogP contribution in [0.25, 0.3) is 0 Å². The first-order chi connectivity index (χ1) is 11.6. The van der Waals surface area contributed by atoms with Crippen molar-refractivity contribution < 1.29 is 18.1 Å². The fraction of sp³-hybridized carbons (Fsp3) is 0.133. The van der Waals surface area contributed by atoms with Crippen LogP contribution in [0.15, 0.2) is 47.4 Å². The third kappa shape index (κ3) is 4.13. The summed E-state index contributed by atoms with van der Waals surface area (Å²) in [4.78, 5) is 22.7. The van der Waals surface area contributed by atoms with Gasteiger partial charge in [-0.2, -0.15) is 0 Å². The van der Waals surface area contributed by atoms with E-state index in [1.807, 2.05) is 0 Å². The number of hydrogen-bond acceptors (Lipinski definition) is 5. The van der Waals surface area contributed by atoms with Crippen LogP contribution in [0, 0.1) is 10.1 Å². The van der Waals surface area contributed by atoms with Gasteiger partial charge in [-0.15, -0.1) is 0 Å². The maximum absolute atomic E-state index is 12.3. The third-order valence-corrected chi connectivity index (χ3v) is 5.36. The molecule has 0 aliphatic carbocycles. The van der Waals surface area contributed by atoms with Gasteiger partial charge in [-0.25, -0.2) is 12.7 Å². The zero-order chi connectivity index (χ0) is 18.8. The molecule has 0 aromatic heterocycles. The minimum absolute atomic E-state index is 0.0629. The molecule has 0 saturated heterocycles. The summed E-state index contributed by atoms with van der Waals surface area (Å²) in [6, 6.07) is 9.18. The maximum atomic E-state index is 12.3. The second-order valence-corrected chi connectivity index (χ2v) is 7.77. The summed E-state index contributed by atoms with van der Waals surface area (Å²) in [6.07, 6.45) is 0. The Bertz CT molecular complexity index is 927. The summed E-state index contributed by atoms with van der Waals surface area (Å²) in [6.45, 7) is 0. The summed E-state index contributed by atoms with van der Waals surface area (Å²) in [5, 5.41) is 13.7. The van der Waals surface area contributed by atoms with Gasteiger partial charge in [0.25, 0.3) is 11.6 Å². The molecule has 0 fully saturated rings. The lowest BCUT2D eigenvalue weighted by molar-refractivity contribution is -0.385. The number of amides is 1. The summed E-state index contributed by atoms with van der Waals surface area (Å²) < 4.78 is 25.0. The van der Waals surface area contributed by atoms with Crippen LogP contribution in [-0.2, 0) is 10.0 Å². The van der Waals surface area contributed by atoms with E-state index < -0.39 is 26.5 Å². The van der Waals surface area contributed by atoms with Crippen molar-refractivity contribution in [2.24, 2.45) is 0 Å². The Hall–Kier alpha value is -2.49. The van der Waals surface area contributed by atoms with Crippen molar-refractivity contribution in [3.8, 4) is 0 Å². The Morgan fingerprint density at radius 1 is 1.16 bits per heavy atom. The lowest BCUT2D eigenvalue weighted by Crippen LogP contribution is -2.22. The molecule has 10 heteroatoms. The van der Waals surface area contributed by atoms with Gasteiger partial charge < -0.3 is 5.32 Å². The highest BCUT2D eigenvalue weighted by molar-refractivity contribution is 7.89. The van der Waals surface area contributed by atoms with Gasteiger partial charge >= 0.3 is 0 Å². The zero-order valence-corrected chi connectivity index (χ0v) is 14.8. The Kier molecular flexibility index (Phi) is 5.41. The van der Waals surface area contributed by atoms with Crippen LogP contribution < -0.4 is 5.32 Å². The molecule has 0 heterocycles. The van der Waals surface area contributed by atoms with Crippen LogP contribution in [0.5, 0.6) is 0 Å². The molecule has 0 bridgehead atoms. The van der Waals surface area contributed by atoms with E-state index in [4.69, 9.17) is 11.6 Å². The number of anilines is 1. The monoisotopic (exact) mass is 383 g/mol. The van der Waals surface area contributed by atoms with E-state index in [1.54, 1.807) is 0 Å². The minimum atomic E-state index is -3.58. The first-order valence-corrected chi connectivity index (χ1v) is 8.72. The molecule has 2 rings (SSSR count). The lowest BCUT2D eigenvalue weighted by atomic mass is 10.1. The number of hydrogen-bond donors (Lipinski definition) is 1. The maximum Gasteiger partial charge on any atom is 0.283 e. The summed E-state index contributed by atoms with van der Waals surface area (Å²) in [5.41, 5.74) is -0.275. The second kappa shape index (κ2) is 7.18. The zero-order valence-electron chi connectivity index (χ0n) is 13.3. The van der Waals surface area contributed by atoms with E-state index in [0.29, 0.717) is 5.69 Å². The van der Waals surface area contributed by atoms with E-state index in [9.17, 15) is 23.3 Å². The van der Waals surface area contributed by atoms with Gasteiger partial charge in [0.05, 0.1) is 9.82 Å². The molecule has 1 amide bonds. The van der Waals surface area contributed by atoms with Crippen LogP contribution >= 0.6 is 11.6 Å². The molecule has 0 spiro atoms. The van der Waals surface area contributed by atoms with Crippen molar-refractivity contribution in [2.75, 3.05) is 19.4 Å². The highest BCUT2D eigenvalue weighted by atomic mass is 35.5. The van der Waals surface area contributed by atoms with Crippen LogP contribution in [0.1, 0.15) is 10.4 Å². The molecule has 132 valence electrons. The molecule has 25 heavy (non-hydrogen) atoms. The smallest absolute Gasteiger partial charge is 0.283 e. The SMILES string of the molecule is CN(C)S(=O)(=O)c1ccc(NC(=O)c2ccc(Cl)cc2[N+](=O)[O-])cc1. The Balaban J connectivity index is 2.27. The van der Waals surface area contributed by atoms with Crippen LogP contribution in [0.3, 0.4) is 0 Å². The predicted molar refractivity (Wildman–Crippen MR) is 93.4 cm³/mol. The van der Waals surface area contributed by atoms with E-state index >= 15 is 0 Å². The molecule has 0 aliphatic rings. The second-order valence-electron chi connectivity index (χ2n) is 5.18. The van der Waals surface area contributed by atoms with Crippen LogP contribution in [-0.4, -0.2) is 37.6 Å². The van der Waals surface area contributed by atoms with Crippen molar-refractivity contribution >= 4 is 38.9 Å². The quantitative estimate of drug-likeness (QED) is 0.630. The number of sulfonamides is 1. The van der Waals surface area contributed by atoms with E-state index in [0.717, 1.165) is 10.4 Å². The number of halogens is 1. The average molecular weight is 384 g/mol. The van der Waals surface area contributed by atoms with Crippen LogP contribution in [0.4, 0.5) is 11.4 Å². The van der Waals surface area contributed by atoms with Crippen molar-refractivity contribution in [1.29, 1.82) is 0 Å². The van der Waals surface area contributed by atoms with Gasteiger partial charge in [0.1, 0.15) is 5.56 Å². The largest absolute Gasteiger partial charge is 0.322 e.